The van der Waals surface area contributed by atoms with E-state index in [1.54, 1.807) is 11.3 Å². The zero-order valence-electron chi connectivity index (χ0n) is 8.58. The van der Waals surface area contributed by atoms with E-state index in [1.807, 2.05) is 0 Å². The van der Waals surface area contributed by atoms with Crippen molar-refractivity contribution in [2.24, 2.45) is 5.73 Å². The highest BCUT2D eigenvalue weighted by Gasteiger charge is 2.09. The van der Waals surface area contributed by atoms with E-state index in [0.29, 0.717) is 6.54 Å². The number of fused-ring (bicyclic) bond motifs is 1. The number of hydrogen-bond donors (Lipinski definition) is 1. The van der Waals surface area contributed by atoms with Crippen molar-refractivity contribution in [1.82, 2.24) is 9.38 Å². The van der Waals surface area contributed by atoms with Gasteiger partial charge in [0.2, 0.25) is 0 Å². The van der Waals surface area contributed by atoms with Crippen molar-refractivity contribution in [3.8, 4) is 0 Å². The minimum atomic E-state index is 0.614. The van der Waals surface area contributed by atoms with Crippen molar-refractivity contribution < 1.29 is 0 Å². The molecule has 0 fully saturated rings. The van der Waals surface area contributed by atoms with Crippen molar-refractivity contribution in [2.75, 3.05) is 0 Å². The van der Waals surface area contributed by atoms with Gasteiger partial charge in [-0.3, -0.25) is 4.40 Å². The van der Waals surface area contributed by atoms with Gasteiger partial charge in [0, 0.05) is 23.3 Å². The van der Waals surface area contributed by atoms with Crippen molar-refractivity contribution in [1.29, 1.82) is 0 Å². The Kier molecular flexibility index (Phi) is 2.56. The van der Waals surface area contributed by atoms with Gasteiger partial charge in [0.15, 0.2) is 4.96 Å². The molecule has 0 aliphatic heterocycles. The van der Waals surface area contributed by atoms with Gasteiger partial charge in [-0.15, -0.1) is 0 Å². The Balaban J connectivity index is 2.48. The predicted octanol–water partition coefficient (Wildman–Crippen LogP) is 2.12. The molecule has 0 saturated carbocycles. The lowest BCUT2D eigenvalue weighted by Crippen LogP contribution is -1.96. The Labute approximate surface area is 87.6 Å². The van der Waals surface area contributed by atoms with Crippen LogP contribution < -0.4 is 5.73 Å². The zero-order valence-corrected chi connectivity index (χ0v) is 9.40. The molecule has 4 heteroatoms. The molecule has 2 aromatic heterocycles. The normalized spacial score (nSPS) is 11.4. The molecule has 3 nitrogen and oxygen atoms in total. The van der Waals surface area contributed by atoms with Crippen LogP contribution in [0.25, 0.3) is 4.96 Å². The molecule has 0 atom stereocenters. The van der Waals surface area contributed by atoms with Crippen molar-refractivity contribution in [3.05, 3.63) is 22.5 Å². The smallest absolute Gasteiger partial charge is 0.194 e. The number of imidazole rings is 1. The van der Waals surface area contributed by atoms with Crippen molar-refractivity contribution in [3.63, 3.8) is 0 Å². The van der Waals surface area contributed by atoms with E-state index in [9.17, 15) is 0 Å². The first-order valence-corrected chi connectivity index (χ1v) is 5.74. The Bertz CT molecular complexity index is 441. The Morgan fingerprint density at radius 1 is 1.57 bits per heavy atom. The van der Waals surface area contributed by atoms with E-state index < -0.39 is 0 Å². The largest absolute Gasteiger partial charge is 0.326 e. The van der Waals surface area contributed by atoms with E-state index in [-0.39, 0.29) is 0 Å². The Morgan fingerprint density at radius 2 is 2.36 bits per heavy atom. The van der Waals surface area contributed by atoms with E-state index >= 15 is 0 Å². The molecule has 0 amide bonds. The fourth-order valence-electron chi connectivity index (χ4n) is 1.61. The third-order valence-corrected chi connectivity index (χ3v) is 3.57. The fraction of sp³-hybridized carbons (Fsp3) is 0.500. The van der Waals surface area contributed by atoms with Gasteiger partial charge < -0.3 is 5.73 Å². The molecular formula is C10H15N3S. The summed E-state index contributed by atoms with van der Waals surface area (Å²) in [7, 11) is 0. The van der Waals surface area contributed by atoms with Gasteiger partial charge in [-0.1, -0.05) is 24.7 Å². The topological polar surface area (TPSA) is 43.3 Å². The first-order valence-electron chi connectivity index (χ1n) is 4.92. The highest BCUT2D eigenvalue weighted by Crippen LogP contribution is 2.22. The maximum atomic E-state index is 5.64. The summed E-state index contributed by atoms with van der Waals surface area (Å²) in [5.74, 6) is 0. The molecule has 0 aliphatic carbocycles. The molecule has 2 N–H and O–H groups in total. The number of nitrogens with two attached hydrogens (primary N) is 1. The SMILES string of the molecule is CCCc1cn2c(C)c(CN)sc2n1. The number of nitrogens with zero attached hydrogens (tertiary/aromatic N) is 2. The minimum Gasteiger partial charge on any atom is -0.326 e. The lowest BCUT2D eigenvalue weighted by atomic mass is 10.3. The summed E-state index contributed by atoms with van der Waals surface area (Å²) in [5, 5.41) is 0. The summed E-state index contributed by atoms with van der Waals surface area (Å²) in [6.45, 7) is 4.89. The Hall–Kier alpha value is -0.870. The van der Waals surface area contributed by atoms with Crippen LogP contribution in [-0.4, -0.2) is 9.38 Å². The standard InChI is InChI=1S/C10H15N3S/c1-3-4-8-6-13-7(2)9(5-11)14-10(13)12-8/h6H,3-5,11H2,1-2H3. The van der Waals surface area contributed by atoms with Crippen LogP contribution in [0.5, 0.6) is 0 Å². The molecule has 0 aliphatic rings. The molecular weight excluding hydrogens is 194 g/mol. The van der Waals surface area contributed by atoms with Crippen LogP contribution in [0.15, 0.2) is 6.20 Å². The molecule has 2 heterocycles. The predicted molar refractivity (Wildman–Crippen MR) is 59.7 cm³/mol. The number of aryl methyl sites for hydroxylation is 2. The third kappa shape index (κ3) is 1.44. The van der Waals surface area contributed by atoms with Crippen LogP contribution in [0.1, 0.15) is 29.6 Å². The zero-order chi connectivity index (χ0) is 10.1. The van der Waals surface area contributed by atoms with Gasteiger partial charge in [0.05, 0.1) is 5.69 Å². The second-order valence-corrected chi connectivity index (χ2v) is 4.51. The third-order valence-electron chi connectivity index (χ3n) is 2.39. The van der Waals surface area contributed by atoms with Crippen LogP contribution >= 0.6 is 11.3 Å². The average molecular weight is 209 g/mol. The summed E-state index contributed by atoms with van der Waals surface area (Å²) in [6, 6.07) is 0. The second kappa shape index (κ2) is 3.71. The lowest BCUT2D eigenvalue weighted by molar-refractivity contribution is 0.892. The molecule has 0 radical (unpaired) electrons. The van der Waals surface area contributed by atoms with Crippen LogP contribution in [0.2, 0.25) is 0 Å². The summed E-state index contributed by atoms with van der Waals surface area (Å²) in [4.78, 5) is 6.87. The van der Waals surface area contributed by atoms with E-state index in [0.717, 1.165) is 17.8 Å². The van der Waals surface area contributed by atoms with Crippen LogP contribution in [0.4, 0.5) is 0 Å². The molecule has 2 rings (SSSR count). The van der Waals surface area contributed by atoms with Gasteiger partial charge in [-0.2, -0.15) is 0 Å². The van der Waals surface area contributed by atoms with Crippen LogP contribution in [0.3, 0.4) is 0 Å². The van der Waals surface area contributed by atoms with Gasteiger partial charge in [-0.25, -0.2) is 4.98 Å². The van der Waals surface area contributed by atoms with Crippen LogP contribution in [-0.2, 0) is 13.0 Å². The quantitative estimate of drug-likeness (QED) is 0.841. The number of hydrogen-bond acceptors (Lipinski definition) is 3. The summed E-state index contributed by atoms with van der Waals surface area (Å²) < 4.78 is 2.15. The molecule has 0 spiro atoms. The van der Waals surface area contributed by atoms with E-state index in [1.165, 1.54) is 16.3 Å². The first kappa shape index (κ1) is 9.68. The average Bonchev–Trinajstić information content (AvgIpc) is 2.67. The molecule has 76 valence electrons. The summed E-state index contributed by atoms with van der Waals surface area (Å²) in [6.07, 6.45) is 4.34. The molecule has 2 aromatic rings. The van der Waals surface area contributed by atoms with Gasteiger partial charge in [0.1, 0.15) is 0 Å². The number of thiazole rings is 1. The second-order valence-electron chi connectivity index (χ2n) is 3.45. The maximum absolute atomic E-state index is 5.64. The molecule has 14 heavy (non-hydrogen) atoms. The maximum Gasteiger partial charge on any atom is 0.194 e. The minimum absolute atomic E-state index is 0.614. The Morgan fingerprint density at radius 3 is 2.93 bits per heavy atom. The lowest BCUT2D eigenvalue weighted by Gasteiger charge is -1.93. The first-order chi connectivity index (χ1) is 6.76. The van der Waals surface area contributed by atoms with Gasteiger partial charge in [0.25, 0.3) is 0 Å². The van der Waals surface area contributed by atoms with Crippen molar-refractivity contribution in [2.45, 2.75) is 33.2 Å². The molecule has 0 bridgehead atoms. The highest BCUT2D eigenvalue weighted by molar-refractivity contribution is 7.17. The fourth-order valence-corrected chi connectivity index (χ4v) is 2.61. The van der Waals surface area contributed by atoms with Crippen LogP contribution in [0, 0.1) is 6.92 Å². The van der Waals surface area contributed by atoms with Gasteiger partial charge in [-0.05, 0) is 13.3 Å². The van der Waals surface area contributed by atoms with Gasteiger partial charge >= 0.3 is 0 Å². The summed E-state index contributed by atoms with van der Waals surface area (Å²) in [5.41, 5.74) is 8.06. The van der Waals surface area contributed by atoms with E-state index in [4.69, 9.17) is 5.73 Å². The number of rotatable bonds is 3. The molecule has 0 unspecified atom stereocenters. The molecule has 0 aromatic carbocycles. The highest BCUT2D eigenvalue weighted by atomic mass is 32.1. The van der Waals surface area contributed by atoms with E-state index in [2.05, 4.69) is 29.4 Å². The summed E-state index contributed by atoms with van der Waals surface area (Å²) >= 11 is 1.70. The van der Waals surface area contributed by atoms with Crippen molar-refractivity contribution >= 4 is 16.3 Å². The number of aromatic nitrogens is 2. The molecule has 0 saturated heterocycles. The monoisotopic (exact) mass is 209 g/mol.